The van der Waals surface area contributed by atoms with E-state index in [1.807, 2.05) is 16.8 Å². The zero-order valence-electron chi connectivity index (χ0n) is 12.4. The van der Waals surface area contributed by atoms with Gasteiger partial charge in [0.05, 0.1) is 19.8 Å². The summed E-state index contributed by atoms with van der Waals surface area (Å²) in [6.45, 7) is 0. The van der Waals surface area contributed by atoms with Crippen LogP contribution in [-0.4, -0.2) is 30.3 Å². The van der Waals surface area contributed by atoms with E-state index in [1.165, 1.54) is 25.6 Å². The Balaban J connectivity index is 1.83. The number of hydrogen-bond acceptors (Lipinski definition) is 7. The number of anilines is 1. The third-order valence-electron chi connectivity index (χ3n) is 3.06. The molecular formula is C15H13N3O4S. The Hall–Kier alpha value is -2.87. The number of benzene rings is 1. The van der Waals surface area contributed by atoms with E-state index in [1.54, 1.807) is 18.2 Å². The van der Waals surface area contributed by atoms with Crippen LogP contribution in [0.2, 0.25) is 0 Å². The molecule has 0 radical (unpaired) electrons. The van der Waals surface area contributed by atoms with E-state index in [4.69, 9.17) is 13.9 Å². The van der Waals surface area contributed by atoms with Crippen LogP contribution in [0.4, 0.5) is 6.01 Å². The van der Waals surface area contributed by atoms with Crippen LogP contribution in [-0.2, 0) is 0 Å². The lowest BCUT2D eigenvalue weighted by atomic mass is 10.1. The maximum Gasteiger partial charge on any atom is 0.322 e. The molecule has 8 heteroatoms. The van der Waals surface area contributed by atoms with Crippen molar-refractivity contribution in [1.29, 1.82) is 0 Å². The van der Waals surface area contributed by atoms with E-state index in [2.05, 4.69) is 15.5 Å². The third kappa shape index (κ3) is 3.02. The van der Waals surface area contributed by atoms with Crippen LogP contribution in [0.1, 0.15) is 10.4 Å². The molecule has 0 fully saturated rings. The van der Waals surface area contributed by atoms with E-state index < -0.39 is 5.91 Å². The number of carbonyl (C=O) groups is 1. The Labute approximate surface area is 135 Å². The highest BCUT2D eigenvalue weighted by Gasteiger charge is 2.19. The summed E-state index contributed by atoms with van der Waals surface area (Å²) < 4.78 is 15.8. The van der Waals surface area contributed by atoms with Gasteiger partial charge in [-0.25, -0.2) is 0 Å². The van der Waals surface area contributed by atoms with E-state index in [-0.39, 0.29) is 6.01 Å². The minimum absolute atomic E-state index is 0.0149. The van der Waals surface area contributed by atoms with Gasteiger partial charge >= 0.3 is 6.01 Å². The smallest absolute Gasteiger partial charge is 0.322 e. The van der Waals surface area contributed by atoms with Crippen molar-refractivity contribution in [2.45, 2.75) is 0 Å². The van der Waals surface area contributed by atoms with Crippen LogP contribution >= 0.6 is 11.3 Å². The second-order valence-electron chi connectivity index (χ2n) is 4.42. The van der Waals surface area contributed by atoms with Crippen molar-refractivity contribution in [3.05, 3.63) is 40.6 Å². The molecule has 0 spiro atoms. The molecular weight excluding hydrogens is 318 g/mol. The fourth-order valence-corrected chi connectivity index (χ4v) is 2.64. The van der Waals surface area contributed by atoms with Crippen molar-refractivity contribution in [1.82, 2.24) is 10.2 Å². The first-order valence-corrected chi connectivity index (χ1v) is 7.55. The van der Waals surface area contributed by atoms with Crippen molar-refractivity contribution in [2.75, 3.05) is 19.5 Å². The molecule has 0 aliphatic heterocycles. The number of rotatable bonds is 5. The molecule has 0 aliphatic carbocycles. The summed E-state index contributed by atoms with van der Waals surface area (Å²) >= 11 is 1.52. The van der Waals surface area contributed by atoms with Gasteiger partial charge in [-0.2, -0.15) is 11.3 Å². The average Bonchev–Trinajstić information content (AvgIpc) is 3.25. The van der Waals surface area contributed by atoms with Gasteiger partial charge in [0.1, 0.15) is 0 Å². The number of thiophene rings is 1. The minimum atomic E-state index is -0.429. The highest BCUT2D eigenvalue weighted by molar-refractivity contribution is 7.08. The Bertz CT molecular complexity index is 814. The minimum Gasteiger partial charge on any atom is -0.493 e. The SMILES string of the molecule is COc1cccc(C(=O)Nc2nnc(-c3ccsc3)o2)c1OC. The van der Waals surface area contributed by atoms with Crippen LogP contribution < -0.4 is 14.8 Å². The first-order chi connectivity index (χ1) is 11.2. The van der Waals surface area contributed by atoms with Crippen LogP contribution in [0.25, 0.3) is 11.5 Å². The predicted octanol–water partition coefficient (Wildman–Crippen LogP) is 3.07. The molecule has 0 unspecified atom stereocenters. The van der Waals surface area contributed by atoms with Crippen molar-refractivity contribution in [3.63, 3.8) is 0 Å². The summed E-state index contributed by atoms with van der Waals surface area (Å²) in [6.07, 6.45) is 0. The zero-order valence-corrected chi connectivity index (χ0v) is 13.2. The van der Waals surface area contributed by atoms with E-state index in [0.717, 1.165) is 5.56 Å². The molecule has 118 valence electrons. The molecule has 23 heavy (non-hydrogen) atoms. The van der Waals surface area contributed by atoms with Gasteiger partial charge in [-0.05, 0) is 23.6 Å². The van der Waals surface area contributed by atoms with Crippen molar-refractivity contribution in [3.8, 4) is 23.0 Å². The predicted molar refractivity (Wildman–Crippen MR) is 85.1 cm³/mol. The Morgan fingerprint density at radius 3 is 2.78 bits per heavy atom. The molecule has 3 rings (SSSR count). The number of methoxy groups -OCH3 is 2. The van der Waals surface area contributed by atoms with Crippen molar-refractivity contribution >= 4 is 23.3 Å². The van der Waals surface area contributed by atoms with Gasteiger partial charge in [0, 0.05) is 10.9 Å². The topological polar surface area (TPSA) is 86.5 Å². The number of nitrogens with one attached hydrogen (secondary N) is 1. The summed E-state index contributed by atoms with van der Waals surface area (Å²) in [5.41, 5.74) is 1.11. The van der Waals surface area contributed by atoms with Crippen LogP contribution in [0.5, 0.6) is 11.5 Å². The summed E-state index contributed by atoms with van der Waals surface area (Å²) in [5, 5.41) is 14.1. The molecule has 0 bridgehead atoms. The molecule has 2 aromatic heterocycles. The number of nitrogens with zero attached hydrogens (tertiary/aromatic N) is 2. The number of aromatic nitrogens is 2. The van der Waals surface area contributed by atoms with Gasteiger partial charge in [-0.15, -0.1) is 5.10 Å². The molecule has 0 saturated carbocycles. The van der Waals surface area contributed by atoms with Gasteiger partial charge in [-0.3, -0.25) is 10.1 Å². The number of hydrogen-bond donors (Lipinski definition) is 1. The second-order valence-corrected chi connectivity index (χ2v) is 5.20. The molecule has 0 atom stereocenters. The largest absolute Gasteiger partial charge is 0.493 e. The highest BCUT2D eigenvalue weighted by Crippen LogP contribution is 2.31. The van der Waals surface area contributed by atoms with Gasteiger partial charge in [0.25, 0.3) is 11.8 Å². The average molecular weight is 331 g/mol. The van der Waals surface area contributed by atoms with Crippen LogP contribution in [0.3, 0.4) is 0 Å². The number of carbonyl (C=O) groups excluding carboxylic acids is 1. The van der Waals surface area contributed by atoms with Gasteiger partial charge in [0.2, 0.25) is 0 Å². The first-order valence-electron chi connectivity index (χ1n) is 6.61. The third-order valence-corrected chi connectivity index (χ3v) is 3.74. The Morgan fingerprint density at radius 1 is 1.22 bits per heavy atom. The molecule has 2 heterocycles. The van der Waals surface area contributed by atoms with Gasteiger partial charge < -0.3 is 13.9 Å². The Morgan fingerprint density at radius 2 is 2.09 bits per heavy atom. The molecule has 1 N–H and O–H groups in total. The normalized spacial score (nSPS) is 10.3. The summed E-state index contributed by atoms with van der Waals surface area (Å²) in [4.78, 5) is 12.4. The lowest BCUT2D eigenvalue weighted by Crippen LogP contribution is -2.13. The van der Waals surface area contributed by atoms with Gasteiger partial charge in [0.15, 0.2) is 11.5 Å². The van der Waals surface area contributed by atoms with E-state index in [9.17, 15) is 4.79 Å². The molecule has 3 aromatic rings. The summed E-state index contributed by atoms with van der Waals surface area (Å²) in [5.74, 6) is 0.718. The van der Waals surface area contributed by atoms with Crippen molar-refractivity contribution in [2.24, 2.45) is 0 Å². The van der Waals surface area contributed by atoms with E-state index >= 15 is 0 Å². The number of ether oxygens (including phenoxy) is 2. The van der Waals surface area contributed by atoms with Crippen LogP contribution in [0, 0.1) is 0 Å². The molecule has 7 nitrogen and oxygen atoms in total. The summed E-state index contributed by atoms with van der Waals surface area (Å²) in [6, 6.07) is 6.89. The second kappa shape index (κ2) is 6.49. The standard InChI is InChI=1S/C15H13N3O4S/c1-20-11-5-3-4-10(12(11)21-2)13(19)16-15-18-17-14(22-15)9-6-7-23-8-9/h3-8H,1-2H3,(H,16,18,19). The van der Waals surface area contributed by atoms with Crippen molar-refractivity contribution < 1.29 is 18.7 Å². The number of amides is 1. The lowest BCUT2D eigenvalue weighted by Gasteiger charge is -2.11. The number of para-hydroxylation sites is 1. The summed E-state index contributed by atoms with van der Waals surface area (Å²) in [7, 11) is 2.97. The Kier molecular flexibility index (Phi) is 4.24. The zero-order chi connectivity index (χ0) is 16.2. The van der Waals surface area contributed by atoms with Crippen LogP contribution in [0.15, 0.2) is 39.4 Å². The lowest BCUT2D eigenvalue weighted by molar-refractivity contribution is 0.102. The first kappa shape index (κ1) is 15.0. The fraction of sp³-hybridized carbons (Fsp3) is 0.133. The molecule has 1 amide bonds. The van der Waals surface area contributed by atoms with Gasteiger partial charge in [-0.1, -0.05) is 11.2 Å². The quantitative estimate of drug-likeness (QED) is 0.773. The maximum atomic E-state index is 12.4. The maximum absolute atomic E-state index is 12.4. The molecule has 0 aliphatic rings. The highest BCUT2D eigenvalue weighted by atomic mass is 32.1. The molecule has 0 saturated heterocycles. The van der Waals surface area contributed by atoms with E-state index in [0.29, 0.717) is 23.0 Å². The monoisotopic (exact) mass is 331 g/mol. The fourth-order valence-electron chi connectivity index (χ4n) is 2.01. The molecule has 1 aromatic carbocycles.